The van der Waals surface area contributed by atoms with E-state index in [1.807, 2.05) is 23.5 Å². The van der Waals surface area contributed by atoms with Crippen molar-refractivity contribution in [1.82, 2.24) is 10.3 Å². The Morgan fingerprint density at radius 1 is 1.24 bits per heavy atom. The predicted molar refractivity (Wildman–Crippen MR) is 88.2 cm³/mol. The van der Waals surface area contributed by atoms with Gasteiger partial charge in [-0.15, -0.1) is 11.3 Å². The van der Waals surface area contributed by atoms with E-state index in [0.29, 0.717) is 6.04 Å². The second-order valence-electron chi connectivity index (χ2n) is 6.06. The largest absolute Gasteiger partial charge is 0.301 e. The molecule has 1 aromatic carbocycles. The molecule has 1 aromatic heterocycles. The first-order chi connectivity index (χ1) is 10.3. The number of nitrogens with one attached hydrogen (secondary N) is 1. The van der Waals surface area contributed by atoms with E-state index in [1.165, 1.54) is 53.2 Å². The number of thiazole rings is 1. The van der Waals surface area contributed by atoms with Crippen molar-refractivity contribution in [3.05, 3.63) is 50.4 Å². The van der Waals surface area contributed by atoms with Crippen LogP contribution in [0, 0.1) is 0 Å². The molecule has 4 rings (SSSR count). The zero-order valence-corrected chi connectivity index (χ0v) is 13.5. The van der Waals surface area contributed by atoms with Gasteiger partial charge < -0.3 is 5.32 Å². The summed E-state index contributed by atoms with van der Waals surface area (Å²) in [4.78, 5) is 6.45. The van der Waals surface area contributed by atoms with Crippen LogP contribution in [0.2, 0.25) is 5.02 Å². The number of benzene rings is 1. The van der Waals surface area contributed by atoms with E-state index in [9.17, 15) is 0 Å². The molecule has 1 unspecified atom stereocenters. The van der Waals surface area contributed by atoms with Gasteiger partial charge in [0.25, 0.3) is 0 Å². The maximum Gasteiger partial charge on any atom is 0.115 e. The van der Waals surface area contributed by atoms with Crippen LogP contribution in [0.4, 0.5) is 0 Å². The lowest BCUT2D eigenvalue weighted by Gasteiger charge is -2.17. The predicted octanol–water partition coefficient (Wildman–Crippen LogP) is 4.52. The fourth-order valence-electron chi connectivity index (χ4n) is 2.98. The molecule has 0 spiro atoms. The molecule has 110 valence electrons. The van der Waals surface area contributed by atoms with Gasteiger partial charge in [0.1, 0.15) is 5.01 Å². The molecule has 1 saturated carbocycles. The molecule has 1 atom stereocenters. The third-order valence-corrected chi connectivity index (χ3v) is 5.73. The van der Waals surface area contributed by atoms with E-state index in [0.717, 1.165) is 11.4 Å². The summed E-state index contributed by atoms with van der Waals surface area (Å²) in [7, 11) is 0. The number of hydrogen-bond acceptors (Lipinski definition) is 3. The second kappa shape index (κ2) is 5.71. The number of halogens is 1. The van der Waals surface area contributed by atoms with Crippen LogP contribution in [-0.4, -0.2) is 11.0 Å². The zero-order valence-electron chi connectivity index (χ0n) is 11.9. The zero-order chi connectivity index (χ0) is 14.2. The Morgan fingerprint density at radius 3 is 2.86 bits per heavy atom. The van der Waals surface area contributed by atoms with Crippen molar-refractivity contribution in [2.24, 2.45) is 0 Å². The van der Waals surface area contributed by atoms with Crippen molar-refractivity contribution >= 4 is 22.9 Å². The highest BCUT2D eigenvalue weighted by Gasteiger charge is 2.29. The molecule has 21 heavy (non-hydrogen) atoms. The summed E-state index contributed by atoms with van der Waals surface area (Å²) in [5, 5.41) is 5.77. The van der Waals surface area contributed by atoms with Crippen LogP contribution in [0.5, 0.6) is 0 Å². The van der Waals surface area contributed by atoms with Crippen molar-refractivity contribution in [1.29, 1.82) is 0 Å². The minimum absolute atomic E-state index is 0.201. The van der Waals surface area contributed by atoms with Crippen LogP contribution in [-0.2, 0) is 12.8 Å². The number of aromatic nitrogens is 1. The fourth-order valence-corrected chi connectivity index (χ4v) is 4.42. The molecule has 2 aromatic rings. The Kier molecular flexibility index (Phi) is 3.74. The third-order valence-electron chi connectivity index (χ3n) is 4.27. The minimum atomic E-state index is 0.201. The highest BCUT2D eigenvalue weighted by atomic mass is 35.5. The molecule has 2 nitrogen and oxygen atoms in total. The van der Waals surface area contributed by atoms with Crippen LogP contribution in [0.3, 0.4) is 0 Å². The fraction of sp³-hybridized carbons (Fsp3) is 0.471. The van der Waals surface area contributed by atoms with E-state index >= 15 is 0 Å². The molecule has 2 aliphatic rings. The Balaban J connectivity index is 1.69. The normalized spacial score (nSPS) is 19.3. The molecule has 1 heterocycles. The van der Waals surface area contributed by atoms with Gasteiger partial charge in [-0.2, -0.15) is 0 Å². The average Bonchev–Trinajstić information content (AvgIpc) is 3.21. The van der Waals surface area contributed by atoms with Crippen molar-refractivity contribution in [3.63, 3.8) is 0 Å². The lowest BCUT2D eigenvalue weighted by Crippen LogP contribution is -2.24. The average molecular weight is 319 g/mol. The van der Waals surface area contributed by atoms with E-state index in [2.05, 4.69) is 17.4 Å². The Bertz CT molecular complexity index is 624. The molecule has 0 amide bonds. The second-order valence-corrected chi connectivity index (χ2v) is 7.61. The summed E-state index contributed by atoms with van der Waals surface area (Å²) in [6.07, 6.45) is 7.51. The van der Waals surface area contributed by atoms with Gasteiger partial charge in [0.2, 0.25) is 0 Å². The SMILES string of the molecule is Clc1cccc(C(NC2CC2)c2nc3c(s2)CCCC3)c1. The van der Waals surface area contributed by atoms with Crippen LogP contribution >= 0.6 is 22.9 Å². The van der Waals surface area contributed by atoms with Gasteiger partial charge in [-0.1, -0.05) is 23.7 Å². The molecule has 4 heteroatoms. The van der Waals surface area contributed by atoms with Crippen molar-refractivity contribution in [3.8, 4) is 0 Å². The van der Waals surface area contributed by atoms with Gasteiger partial charge >= 0.3 is 0 Å². The quantitative estimate of drug-likeness (QED) is 0.896. The molecule has 0 aliphatic heterocycles. The van der Waals surface area contributed by atoms with Crippen LogP contribution in [0.15, 0.2) is 24.3 Å². The van der Waals surface area contributed by atoms with E-state index < -0.39 is 0 Å². The van der Waals surface area contributed by atoms with Crippen molar-refractivity contribution < 1.29 is 0 Å². The molecule has 0 bridgehead atoms. The monoisotopic (exact) mass is 318 g/mol. The molecule has 1 N–H and O–H groups in total. The third kappa shape index (κ3) is 3.01. The molecule has 1 fully saturated rings. The van der Waals surface area contributed by atoms with Gasteiger partial charge in [-0.3, -0.25) is 0 Å². The summed E-state index contributed by atoms with van der Waals surface area (Å²) >= 11 is 8.08. The Hall–Kier alpha value is -0.900. The summed E-state index contributed by atoms with van der Waals surface area (Å²) < 4.78 is 0. The number of hydrogen-bond donors (Lipinski definition) is 1. The standard InChI is InChI=1S/C17H19ClN2S/c18-12-5-3-4-11(10-12)16(19-13-8-9-13)17-20-14-6-1-2-7-15(14)21-17/h3-5,10,13,16,19H,1-2,6-9H2. The van der Waals surface area contributed by atoms with Crippen molar-refractivity contribution in [2.45, 2.75) is 50.6 Å². The lowest BCUT2D eigenvalue weighted by atomic mass is 10.0. The van der Waals surface area contributed by atoms with Gasteiger partial charge in [0.05, 0.1) is 11.7 Å². The van der Waals surface area contributed by atoms with Crippen molar-refractivity contribution in [2.75, 3.05) is 0 Å². The summed E-state index contributed by atoms with van der Waals surface area (Å²) in [5.74, 6) is 0. The van der Waals surface area contributed by atoms with E-state index in [1.54, 1.807) is 0 Å². The first kappa shape index (κ1) is 13.7. The first-order valence-electron chi connectivity index (χ1n) is 7.79. The molecule has 2 aliphatic carbocycles. The van der Waals surface area contributed by atoms with E-state index in [-0.39, 0.29) is 6.04 Å². The minimum Gasteiger partial charge on any atom is -0.301 e. The molecular formula is C17H19ClN2S. The summed E-state index contributed by atoms with van der Waals surface area (Å²) in [5.41, 5.74) is 2.58. The first-order valence-corrected chi connectivity index (χ1v) is 8.99. The Morgan fingerprint density at radius 2 is 2.10 bits per heavy atom. The number of nitrogens with zero attached hydrogens (tertiary/aromatic N) is 1. The van der Waals surface area contributed by atoms with Crippen LogP contribution in [0.1, 0.15) is 52.9 Å². The van der Waals surface area contributed by atoms with Gasteiger partial charge in [-0.25, -0.2) is 4.98 Å². The number of aryl methyl sites for hydroxylation is 2. The van der Waals surface area contributed by atoms with Crippen LogP contribution < -0.4 is 5.32 Å². The molecular weight excluding hydrogens is 300 g/mol. The number of rotatable bonds is 4. The Labute approximate surface area is 134 Å². The lowest BCUT2D eigenvalue weighted by molar-refractivity contribution is 0.594. The van der Waals surface area contributed by atoms with Gasteiger partial charge in [0.15, 0.2) is 0 Å². The smallest absolute Gasteiger partial charge is 0.115 e. The van der Waals surface area contributed by atoms with Gasteiger partial charge in [-0.05, 0) is 56.2 Å². The number of fused-ring (bicyclic) bond motifs is 1. The molecule has 0 saturated heterocycles. The van der Waals surface area contributed by atoms with Crippen LogP contribution in [0.25, 0.3) is 0 Å². The molecule has 0 radical (unpaired) electrons. The highest BCUT2D eigenvalue weighted by molar-refractivity contribution is 7.11. The maximum atomic E-state index is 6.18. The summed E-state index contributed by atoms with van der Waals surface area (Å²) in [6.45, 7) is 0. The summed E-state index contributed by atoms with van der Waals surface area (Å²) in [6, 6.07) is 9.05. The highest BCUT2D eigenvalue weighted by Crippen LogP contribution is 2.35. The maximum absolute atomic E-state index is 6.18. The van der Waals surface area contributed by atoms with E-state index in [4.69, 9.17) is 16.6 Å². The van der Waals surface area contributed by atoms with Gasteiger partial charge in [0, 0.05) is 15.9 Å². The topological polar surface area (TPSA) is 24.9 Å².